The number of rotatable bonds is 7. The number of carbonyl (C=O) groups excluding carboxylic acids is 2. The Hall–Kier alpha value is -3.19. The first-order valence-corrected chi connectivity index (χ1v) is 10.4. The molecular weight excluding hydrogens is 446 g/mol. The molecule has 3 aromatic rings. The van der Waals surface area contributed by atoms with Gasteiger partial charge >= 0.3 is 0 Å². The summed E-state index contributed by atoms with van der Waals surface area (Å²) in [7, 11) is 0. The number of carbonyl (C=O) groups is 2. The maximum atomic E-state index is 12.6. The van der Waals surface area contributed by atoms with Crippen molar-refractivity contribution < 1.29 is 14.3 Å². The van der Waals surface area contributed by atoms with Crippen LogP contribution in [0.5, 0.6) is 11.6 Å². The monoisotopic (exact) mass is 467 g/mol. The van der Waals surface area contributed by atoms with E-state index in [2.05, 4.69) is 26.2 Å². The van der Waals surface area contributed by atoms with Gasteiger partial charge in [-0.15, -0.1) is 0 Å². The Balaban J connectivity index is 1.66. The van der Waals surface area contributed by atoms with E-state index in [0.717, 1.165) is 4.47 Å². The summed E-state index contributed by atoms with van der Waals surface area (Å²) in [6.07, 6.45) is 1.45. The van der Waals surface area contributed by atoms with Gasteiger partial charge in [-0.25, -0.2) is 4.98 Å². The molecule has 0 aliphatic carbocycles. The molecule has 0 unspecified atom stereocenters. The molecule has 2 aromatic carbocycles. The van der Waals surface area contributed by atoms with Crippen LogP contribution in [-0.4, -0.2) is 34.8 Å². The molecule has 0 aliphatic heterocycles. The number of ether oxygens (including phenoxy) is 1. The molecule has 3 rings (SSSR count). The molecule has 1 heterocycles. The molecule has 154 valence electrons. The lowest BCUT2D eigenvalue weighted by Gasteiger charge is -2.19. The number of anilines is 1. The summed E-state index contributed by atoms with van der Waals surface area (Å²) >= 11 is 3.37. The number of aromatic nitrogens is 1. The van der Waals surface area contributed by atoms with Crippen LogP contribution in [0.4, 0.5) is 5.69 Å². The molecule has 0 saturated heterocycles. The van der Waals surface area contributed by atoms with Crippen LogP contribution in [0.1, 0.15) is 34.6 Å². The van der Waals surface area contributed by atoms with Crippen molar-refractivity contribution in [3.05, 3.63) is 82.5 Å². The van der Waals surface area contributed by atoms with Crippen LogP contribution in [0.25, 0.3) is 0 Å². The highest BCUT2D eigenvalue weighted by atomic mass is 79.9. The molecule has 2 amide bonds. The Kier molecular flexibility index (Phi) is 7.19. The van der Waals surface area contributed by atoms with Crippen LogP contribution in [-0.2, 0) is 0 Å². The molecule has 0 radical (unpaired) electrons. The van der Waals surface area contributed by atoms with E-state index in [0.29, 0.717) is 41.5 Å². The molecule has 7 heteroatoms. The van der Waals surface area contributed by atoms with E-state index in [1.54, 1.807) is 41.3 Å². The van der Waals surface area contributed by atoms with Crippen LogP contribution < -0.4 is 10.1 Å². The Morgan fingerprint density at radius 1 is 1.00 bits per heavy atom. The zero-order valence-electron chi connectivity index (χ0n) is 16.8. The quantitative estimate of drug-likeness (QED) is 0.506. The Labute approximate surface area is 184 Å². The Morgan fingerprint density at radius 2 is 1.73 bits per heavy atom. The van der Waals surface area contributed by atoms with E-state index < -0.39 is 0 Å². The minimum Gasteiger partial charge on any atom is -0.439 e. The summed E-state index contributed by atoms with van der Waals surface area (Å²) in [6, 6.07) is 17.6. The van der Waals surface area contributed by atoms with Crippen molar-refractivity contribution in [3.8, 4) is 11.6 Å². The average molecular weight is 468 g/mol. The van der Waals surface area contributed by atoms with E-state index in [-0.39, 0.29) is 11.8 Å². The van der Waals surface area contributed by atoms with Gasteiger partial charge in [-0.2, -0.15) is 0 Å². The maximum absolute atomic E-state index is 12.6. The molecule has 6 nitrogen and oxygen atoms in total. The second kappa shape index (κ2) is 10.0. The third-order valence-corrected chi connectivity index (χ3v) is 4.98. The number of halogens is 1. The first kappa shape index (κ1) is 21.5. The maximum Gasteiger partial charge on any atom is 0.257 e. The molecule has 0 spiro atoms. The zero-order valence-corrected chi connectivity index (χ0v) is 18.3. The van der Waals surface area contributed by atoms with Crippen molar-refractivity contribution in [2.24, 2.45) is 0 Å². The van der Waals surface area contributed by atoms with Crippen LogP contribution in [0.2, 0.25) is 0 Å². The van der Waals surface area contributed by atoms with Gasteiger partial charge in [0, 0.05) is 41.1 Å². The highest BCUT2D eigenvalue weighted by molar-refractivity contribution is 9.10. The lowest BCUT2D eigenvalue weighted by atomic mass is 10.1. The number of pyridine rings is 1. The smallest absolute Gasteiger partial charge is 0.257 e. The first-order valence-electron chi connectivity index (χ1n) is 9.60. The molecule has 1 N–H and O–H groups in total. The van der Waals surface area contributed by atoms with Gasteiger partial charge in [0.15, 0.2) is 0 Å². The number of hydrogen-bond acceptors (Lipinski definition) is 4. The average Bonchev–Trinajstić information content (AvgIpc) is 2.77. The number of hydrogen-bond donors (Lipinski definition) is 1. The second-order valence-electron chi connectivity index (χ2n) is 6.45. The first-order chi connectivity index (χ1) is 14.5. The van der Waals surface area contributed by atoms with Gasteiger partial charge in [0.2, 0.25) is 5.88 Å². The molecule has 0 bridgehead atoms. The van der Waals surface area contributed by atoms with E-state index in [1.807, 2.05) is 38.1 Å². The predicted molar refractivity (Wildman–Crippen MR) is 120 cm³/mol. The van der Waals surface area contributed by atoms with Gasteiger partial charge in [-0.3, -0.25) is 9.59 Å². The van der Waals surface area contributed by atoms with Gasteiger partial charge in [-0.1, -0.05) is 22.0 Å². The van der Waals surface area contributed by atoms with Crippen molar-refractivity contribution in [3.63, 3.8) is 0 Å². The third-order valence-electron chi connectivity index (χ3n) is 4.45. The summed E-state index contributed by atoms with van der Waals surface area (Å²) in [5, 5.41) is 2.81. The summed E-state index contributed by atoms with van der Waals surface area (Å²) in [5.41, 5.74) is 1.47. The van der Waals surface area contributed by atoms with Crippen LogP contribution in [0, 0.1) is 0 Å². The lowest BCUT2D eigenvalue weighted by molar-refractivity contribution is 0.0772. The Morgan fingerprint density at radius 3 is 2.37 bits per heavy atom. The fraction of sp³-hybridized carbons (Fsp3) is 0.174. The van der Waals surface area contributed by atoms with Crippen molar-refractivity contribution in [2.45, 2.75) is 13.8 Å². The largest absolute Gasteiger partial charge is 0.439 e. The van der Waals surface area contributed by atoms with Crippen molar-refractivity contribution in [1.82, 2.24) is 9.88 Å². The minimum atomic E-state index is -0.315. The second-order valence-corrected chi connectivity index (χ2v) is 7.37. The van der Waals surface area contributed by atoms with Gasteiger partial charge in [0.25, 0.3) is 11.8 Å². The van der Waals surface area contributed by atoms with Gasteiger partial charge in [0.05, 0.1) is 5.56 Å². The summed E-state index contributed by atoms with van der Waals surface area (Å²) in [6.45, 7) is 5.13. The number of amides is 2. The van der Waals surface area contributed by atoms with Crippen molar-refractivity contribution in [1.29, 1.82) is 0 Å². The third kappa shape index (κ3) is 5.45. The van der Waals surface area contributed by atoms with Crippen molar-refractivity contribution in [2.75, 3.05) is 18.4 Å². The summed E-state index contributed by atoms with van der Waals surface area (Å²) in [4.78, 5) is 31.0. The SMILES string of the molecule is CCN(CC)C(=O)c1cccc(NC(=O)c2ccc(Oc3ccc(Br)cc3)nc2)c1. The van der Waals surface area contributed by atoms with Crippen LogP contribution >= 0.6 is 15.9 Å². The molecule has 0 saturated carbocycles. The standard InChI is InChI=1S/C23H22BrN3O3/c1-3-27(4-2)23(29)16-6-5-7-19(14-16)26-22(28)17-8-13-21(25-15-17)30-20-11-9-18(24)10-12-20/h5-15H,3-4H2,1-2H3,(H,26,28). The van der Waals surface area contributed by atoms with Gasteiger partial charge in [0.1, 0.15) is 5.75 Å². The van der Waals surface area contributed by atoms with Gasteiger partial charge < -0.3 is 15.0 Å². The predicted octanol–water partition coefficient (Wildman–Crippen LogP) is 5.37. The zero-order chi connectivity index (χ0) is 21.5. The van der Waals surface area contributed by atoms with E-state index in [9.17, 15) is 9.59 Å². The number of nitrogens with one attached hydrogen (secondary N) is 1. The lowest BCUT2D eigenvalue weighted by Crippen LogP contribution is -2.30. The molecule has 0 fully saturated rings. The van der Waals surface area contributed by atoms with Crippen LogP contribution in [0.15, 0.2) is 71.3 Å². The van der Waals surface area contributed by atoms with E-state index in [4.69, 9.17) is 4.74 Å². The summed E-state index contributed by atoms with van der Waals surface area (Å²) in [5.74, 6) is 0.663. The molecule has 1 aromatic heterocycles. The molecule has 0 aliphatic rings. The fourth-order valence-electron chi connectivity index (χ4n) is 2.83. The normalized spacial score (nSPS) is 10.4. The summed E-state index contributed by atoms with van der Waals surface area (Å²) < 4.78 is 6.62. The highest BCUT2D eigenvalue weighted by Crippen LogP contribution is 2.22. The fourth-order valence-corrected chi connectivity index (χ4v) is 3.09. The molecule has 0 atom stereocenters. The number of benzene rings is 2. The van der Waals surface area contributed by atoms with Crippen molar-refractivity contribution >= 4 is 33.4 Å². The van der Waals surface area contributed by atoms with E-state index >= 15 is 0 Å². The topological polar surface area (TPSA) is 71.5 Å². The molecule has 30 heavy (non-hydrogen) atoms. The Bertz CT molecular complexity index is 1020. The van der Waals surface area contributed by atoms with Crippen LogP contribution in [0.3, 0.4) is 0 Å². The number of nitrogens with zero attached hydrogens (tertiary/aromatic N) is 2. The van der Waals surface area contributed by atoms with Gasteiger partial charge in [-0.05, 0) is 62.4 Å². The highest BCUT2D eigenvalue weighted by Gasteiger charge is 2.14. The molecular formula is C23H22BrN3O3. The minimum absolute atomic E-state index is 0.0628. The van der Waals surface area contributed by atoms with E-state index in [1.165, 1.54) is 6.20 Å².